The van der Waals surface area contributed by atoms with Crippen LogP contribution in [0.15, 0.2) is 35.7 Å². The topological polar surface area (TPSA) is 66.6 Å². The summed E-state index contributed by atoms with van der Waals surface area (Å²) < 4.78 is 0. The van der Waals surface area contributed by atoms with E-state index in [1.54, 1.807) is 23.5 Å². The van der Waals surface area contributed by atoms with E-state index in [-0.39, 0.29) is 12.3 Å². The second kappa shape index (κ2) is 5.81. The normalized spacial score (nSPS) is 10.4. The molecule has 0 aliphatic heterocycles. The summed E-state index contributed by atoms with van der Waals surface area (Å²) in [5, 5.41) is 22.0. The van der Waals surface area contributed by atoms with Crippen LogP contribution in [0.5, 0.6) is 0 Å². The molecule has 0 saturated heterocycles. The minimum atomic E-state index is -0.478. The molecule has 0 radical (unpaired) electrons. The number of aliphatic hydroxyl groups excluding tert-OH is 1. The Kier molecular flexibility index (Phi) is 4.13. The van der Waals surface area contributed by atoms with E-state index in [2.05, 4.69) is 0 Å². The highest BCUT2D eigenvalue weighted by Crippen LogP contribution is 2.25. The van der Waals surface area contributed by atoms with Gasteiger partial charge >= 0.3 is 0 Å². The summed E-state index contributed by atoms with van der Waals surface area (Å²) in [6, 6.07) is 8.82. The second-order valence-electron chi connectivity index (χ2n) is 4.16. The highest BCUT2D eigenvalue weighted by molar-refractivity contribution is 7.09. The van der Waals surface area contributed by atoms with Crippen molar-refractivity contribution in [1.29, 1.82) is 0 Å². The van der Waals surface area contributed by atoms with Crippen LogP contribution in [0.4, 0.5) is 11.4 Å². The Morgan fingerprint density at radius 2 is 2.21 bits per heavy atom. The van der Waals surface area contributed by atoms with Crippen LogP contribution in [0.2, 0.25) is 0 Å². The maximum absolute atomic E-state index is 10.8. The van der Waals surface area contributed by atoms with E-state index in [1.807, 2.05) is 29.5 Å². The number of nitro groups is 1. The highest BCUT2D eigenvalue weighted by atomic mass is 32.1. The second-order valence-corrected chi connectivity index (χ2v) is 5.20. The van der Waals surface area contributed by atoms with Crippen LogP contribution in [0.3, 0.4) is 0 Å². The molecule has 0 amide bonds. The van der Waals surface area contributed by atoms with Crippen LogP contribution in [-0.4, -0.2) is 17.1 Å². The molecule has 0 aliphatic carbocycles. The van der Waals surface area contributed by atoms with E-state index in [0.717, 1.165) is 12.2 Å². The zero-order valence-electron chi connectivity index (χ0n) is 10.4. The summed E-state index contributed by atoms with van der Waals surface area (Å²) in [7, 11) is 1.92. The van der Waals surface area contributed by atoms with Crippen LogP contribution >= 0.6 is 11.3 Å². The summed E-state index contributed by atoms with van der Waals surface area (Å²) >= 11 is 1.66. The van der Waals surface area contributed by atoms with Crippen molar-refractivity contribution in [2.45, 2.75) is 13.2 Å². The number of benzene rings is 1. The predicted molar refractivity (Wildman–Crippen MR) is 75.4 cm³/mol. The fourth-order valence-electron chi connectivity index (χ4n) is 1.84. The smallest absolute Gasteiger partial charge is 0.275 e. The fourth-order valence-corrected chi connectivity index (χ4v) is 2.60. The number of aliphatic hydroxyl groups is 1. The van der Waals surface area contributed by atoms with E-state index in [4.69, 9.17) is 0 Å². The van der Waals surface area contributed by atoms with Gasteiger partial charge < -0.3 is 10.0 Å². The molecule has 2 rings (SSSR count). The Morgan fingerprint density at radius 1 is 1.42 bits per heavy atom. The highest BCUT2D eigenvalue weighted by Gasteiger charge is 2.14. The molecule has 6 heteroatoms. The minimum Gasteiger partial charge on any atom is -0.391 e. The lowest BCUT2D eigenvalue weighted by Crippen LogP contribution is -2.15. The molecule has 19 heavy (non-hydrogen) atoms. The number of nitro benzene ring substituents is 1. The number of thiophene rings is 1. The Balaban J connectivity index is 2.23. The van der Waals surface area contributed by atoms with Crippen LogP contribution in [0.1, 0.15) is 10.4 Å². The molecule has 1 heterocycles. The zero-order chi connectivity index (χ0) is 13.8. The van der Waals surface area contributed by atoms with Gasteiger partial charge in [0.15, 0.2) is 0 Å². The lowest BCUT2D eigenvalue weighted by molar-refractivity contribution is -0.385. The molecule has 0 unspecified atom stereocenters. The molecule has 1 N–H and O–H groups in total. The molecule has 2 aromatic rings. The molecule has 0 bridgehead atoms. The van der Waals surface area contributed by atoms with Crippen molar-refractivity contribution in [3.05, 3.63) is 56.3 Å². The maximum Gasteiger partial charge on any atom is 0.275 e. The van der Waals surface area contributed by atoms with Crippen molar-refractivity contribution in [3.8, 4) is 0 Å². The van der Waals surface area contributed by atoms with Crippen molar-refractivity contribution < 1.29 is 10.0 Å². The monoisotopic (exact) mass is 278 g/mol. The van der Waals surface area contributed by atoms with E-state index < -0.39 is 4.92 Å². The minimum absolute atomic E-state index is 0.0456. The molecule has 100 valence electrons. The summed E-state index contributed by atoms with van der Waals surface area (Å²) in [6.45, 7) is 0.400. The molecule has 5 nitrogen and oxygen atoms in total. The van der Waals surface area contributed by atoms with Crippen molar-refractivity contribution in [3.63, 3.8) is 0 Å². The van der Waals surface area contributed by atoms with Gasteiger partial charge in [0.25, 0.3) is 5.69 Å². The van der Waals surface area contributed by atoms with Crippen LogP contribution in [0.25, 0.3) is 0 Å². The zero-order valence-corrected chi connectivity index (χ0v) is 11.3. The molecular formula is C13H14N2O3S. The Morgan fingerprint density at radius 3 is 2.79 bits per heavy atom. The lowest BCUT2D eigenvalue weighted by atomic mass is 10.1. The van der Waals surface area contributed by atoms with E-state index in [1.165, 1.54) is 10.9 Å². The summed E-state index contributed by atoms with van der Waals surface area (Å²) in [4.78, 5) is 13.5. The van der Waals surface area contributed by atoms with Crippen LogP contribution in [-0.2, 0) is 13.2 Å². The lowest BCUT2D eigenvalue weighted by Gasteiger charge is -2.19. The predicted octanol–water partition coefficient (Wildman–Crippen LogP) is 2.79. The SMILES string of the molecule is CN(Cc1cccs1)c1ccc([N+](=O)[O-])c(CO)c1. The molecule has 0 spiro atoms. The molecule has 0 fully saturated rings. The van der Waals surface area contributed by atoms with Crippen LogP contribution in [0, 0.1) is 10.1 Å². The van der Waals surface area contributed by atoms with E-state index in [0.29, 0.717) is 5.56 Å². The Bertz CT molecular complexity index is 569. The third-order valence-corrected chi connectivity index (χ3v) is 3.71. The largest absolute Gasteiger partial charge is 0.391 e. The third-order valence-electron chi connectivity index (χ3n) is 2.84. The van der Waals surface area contributed by atoms with Crippen LogP contribution < -0.4 is 4.90 Å². The first kappa shape index (κ1) is 13.5. The Hall–Kier alpha value is -1.92. The first-order valence-corrected chi connectivity index (χ1v) is 6.61. The van der Waals surface area contributed by atoms with Crippen molar-refractivity contribution >= 4 is 22.7 Å². The molecule has 0 atom stereocenters. The number of hydrogen-bond donors (Lipinski definition) is 1. The fraction of sp³-hybridized carbons (Fsp3) is 0.231. The van der Waals surface area contributed by atoms with Gasteiger partial charge in [-0.15, -0.1) is 11.3 Å². The van der Waals surface area contributed by atoms with E-state index in [9.17, 15) is 15.2 Å². The van der Waals surface area contributed by atoms with Gasteiger partial charge in [-0.2, -0.15) is 0 Å². The number of anilines is 1. The van der Waals surface area contributed by atoms with Gasteiger partial charge in [-0.1, -0.05) is 6.07 Å². The van der Waals surface area contributed by atoms with E-state index >= 15 is 0 Å². The number of hydrogen-bond acceptors (Lipinski definition) is 5. The van der Waals surface area contributed by atoms with Crippen molar-refractivity contribution in [1.82, 2.24) is 0 Å². The standard InChI is InChI=1S/C13H14N2O3S/c1-14(8-12-3-2-6-19-12)11-4-5-13(15(17)18)10(7-11)9-16/h2-7,16H,8-9H2,1H3. The molecule has 0 aliphatic rings. The third kappa shape index (κ3) is 3.10. The first-order valence-electron chi connectivity index (χ1n) is 5.73. The van der Waals surface area contributed by atoms with Gasteiger partial charge in [0.1, 0.15) is 0 Å². The molecule has 1 aromatic carbocycles. The number of nitrogens with zero attached hydrogens (tertiary/aromatic N) is 2. The first-order chi connectivity index (χ1) is 9.11. The van der Waals surface area contributed by atoms with Crippen molar-refractivity contribution in [2.24, 2.45) is 0 Å². The average molecular weight is 278 g/mol. The Labute approximate surface area is 114 Å². The summed E-state index contributed by atoms with van der Waals surface area (Å²) in [5.41, 5.74) is 1.14. The molecule has 0 saturated carbocycles. The van der Waals surface area contributed by atoms with Gasteiger partial charge in [-0.25, -0.2) is 0 Å². The molecular weight excluding hydrogens is 264 g/mol. The maximum atomic E-state index is 10.8. The summed E-state index contributed by atoms with van der Waals surface area (Å²) in [6.07, 6.45) is 0. The average Bonchev–Trinajstić information content (AvgIpc) is 2.90. The van der Waals surface area contributed by atoms with Gasteiger partial charge in [-0.05, 0) is 23.6 Å². The van der Waals surface area contributed by atoms with Gasteiger partial charge in [-0.3, -0.25) is 10.1 Å². The van der Waals surface area contributed by atoms with Gasteiger partial charge in [0.2, 0.25) is 0 Å². The van der Waals surface area contributed by atoms with Crippen molar-refractivity contribution in [2.75, 3.05) is 11.9 Å². The quantitative estimate of drug-likeness (QED) is 0.674. The van der Waals surface area contributed by atoms with Gasteiger partial charge in [0, 0.05) is 23.7 Å². The summed E-state index contributed by atoms with van der Waals surface area (Å²) in [5.74, 6) is 0. The van der Waals surface area contributed by atoms with Gasteiger partial charge in [0.05, 0.1) is 23.6 Å². The number of rotatable bonds is 5. The molecule has 1 aromatic heterocycles.